The zero-order valence-corrected chi connectivity index (χ0v) is 13.0. The number of aryl methyl sites for hydroxylation is 1. The van der Waals surface area contributed by atoms with Gasteiger partial charge in [0.1, 0.15) is 0 Å². The van der Waals surface area contributed by atoms with E-state index in [-0.39, 0.29) is 12.0 Å². The van der Waals surface area contributed by atoms with Gasteiger partial charge in [0.25, 0.3) is 0 Å². The largest absolute Gasteiger partial charge is 0.450 e. The topological polar surface area (TPSA) is 75.9 Å². The quantitative estimate of drug-likeness (QED) is 0.855. The molecular formula is C16H23N3O3. The van der Waals surface area contributed by atoms with Crippen LogP contribution < -0.4 is 5.73 Å². The van der Waals surface area contributed by atoms with E-state index in [2.05, 4.69) is 0 Å². The van der Waals surface area contributed by atoms with Crippen molar-refractivity contribution in [1.82, 2.24) is 9.80 Å². The predicted molar refractivity (Wildman–Crippen MR) is 84.4 cm³/mol. The number of hydrogen-bond acceptors (Lipinski definition) is 4. The van der Waals surface area contributed by atoms with E-state index in [0.717, 1.165) is 11.3 Å². The second-order valence-electron chi connectivity index (χ2n) is 5.31. The molecule has 1 saturated heterocycles. The average molecular weight is 305 g/mol. The Hall–Kier alpha value is -2.24. The summed E-state index contributed by atoms with van der Waals surface area (Å²) in [5.74, 6) is 0.125. The number of hydrogen-bond donors (Lipinski definition) is 1. The van der Waals surface area contributed by atoms with Gasteiger partial charge >= 0.3 is 6.09 Å². The van der Waals surface area contributed by atoms with Crippen LogP contribution in [0.3, 0.4) is 0 Å². The van der Waals surface area contributed by atoms with Gasteiger partial charge in [-0.25, -0.2) is 4.79 Å². The van der Waals surface area contributed by atoms with Gasteiger partial charge in [0.05, 0.1) is 6.61 Å². The highest BCUT2D eigenvalue weighted by molar-refractivity contribution is 5.77. The summed E-state index contributed by atoms with van der Waals surface area (Å²) < 4.78 is 4.97. The maximum atomic E-state index is 12.2. The molecule has 2 amide bonds. The number of benzene rings is 1. The fourth-order valence-corrected chi connectivity index (χ4v) is 2.45. The minimum absolute atomic E-state index is 0.125. The summed E-state index contributed by atoms with van der Waals surface area (Å²) in [7, 11) is 0. The number of piperazine rings is 1. The molecule has 0 bridgehead atoms. The zero-order chi connectivity index (χ0) is 15.9. The molecule has 6 heteroatoms. The standard InChI is InChI=1S/C16H23N3O3/c1-2-22-16(21)19-11-9-18(10-12-19)15(20)8-5-13-3-6-14(17)7-4-13/h3-4,6-7H,2,5,8-12,17H2,1H3. The molecule has 0 atom stereocenters. The van der Waals surface area contributed by atoms with Gasteiger partial charge in [0.2, 0.25) is 5.91 Å². The number of carbonyl (C=O) groups excluding carboxylic acids is 2. The monoisotopic (exact) mass is 305 g/mol. The fourth-order valence-electron chi connectivity index (χ4n) is 2.45. The van der Waals surface area contributed by atoms with E-state index in [1.54, 1.807) is 11.8 Å². The van der Waals surface area contributed by atoms with E-state index in [9.17, 15) is 9.59 Å². The third-order valence-corrected chi connectivity index (χ3v) is 3.77. The van der Waals surface area contributed by atoms with E-state index in [1.165, 1.54) is 0 Å². The van der Waals surface area contributed by atoms with Crippen molar-refractivity contribution in [3.05, 3.63) is 29.8 Å². The lowest BCUT2D eigenvalue weighted by Crippen LogP contribution is -2.50. The van der Waals surface area contributed by atoms with Crippen molar-refractivity contribution < 1.29 is 14.3 Å². The summed E-state index contributed by atoms with van der Waals surface area (Å²) in [6.45, 7) is 4.37. The summed E-state index contributed by atoms with van der Waals surface area (Å²) in [6, 6.07) is 7.58. The second kappa shape index (κ2) is 7.68. The minimum Gasteiger partial charge on any atom is -0.450 e. The van der Waals surface area contributed by atoms with Crippen LogP contribution in [0.15, 0.2) is 24.3 Å². The molecule has 0 spiro atoms. The normalized spacial score (nSPS) is 14.8. The molecule has 2 N–H and O–H groups in total. The van der Waals surface area contributed by atoms with Crippen LogP contribution in [-0.4, -0.2) is 54.6 Å². The number of nitrogen functional groups attached to an aromatic ring is 1. The van der Waals surface area contributed by atoms with Crippen molar-refractivity contribution in [2.45, 2.75) is 19.8 Å². The SMILES string of the molecule is CCOC(=O)N1CCN(C(=O)CCc2ccc(N)cc2)CC1. The lowest BCUT2D eigenvalue weighted by atomic mass is 10.1. The highest BCUT2D eigenvalue weighted by Crippen LogP contribution is 2.10. The molecule has 1 aliphatic rings. The number of nitrogens with zero attached hydrogens (tertiary/aromatic N) is 2. The molecule has 6 nitrogen and oxygen atoms in total. The number of nitrogens with two attached hydrogens (primary N) is 1. The molecule has 1 aromatic rings. The third kappa shape index (κ3) is 4.38. The van der Waals surface area contributed by atoms with Crippen LogP contribution in [0.25, 0.3) is 0 Å². The molecule has 0 saturated carbocycles. The van der Waals surface area contributed by atoms with Gasteiger partial charge in [-0.1, -0.05) is 12.1 Å². The Morgan fingerprint density at radius 1 is 1.09 bits per heavy atom. The van der Waals surface area contributed by atoms with Gasteiger partial charge in [-0.3, -0.25) is 4.79 Å². The van der Waals surface area contributed by atoms with Crippen molar-refractivity contribution in [2.75, 3.05) is 38.5 Å². The molecule has 0 aliphatic carbocycles. The first-order chi connectivity index (χ1) is 10.6. The van der Waals surface area contributed by atoms with E-state index in [0.29, 0.717) is 45.6 Å². The number of ether oxygens (including phenoxy) is 1. The first-order valence-corrected chi connectivity index (χ1v) is 7.64. The van der Waals surface area contributed by atoms with E-state index >= 15 is 0 Å². The van der Waals surface area contributed by atoms with Crippen molar-refractivity contribution in [2.24, 2.45) is 0 Å². The number of anilines is 1. The van der Waals surface area contributed by atoms with Gasteiger partial charge < -0.3 is 20.3 Å². The van der Waals surface area contributed by atoms with E-state index < -0.39 is 0 Å². The molecule has 0 unspecified atom stereocenters. The molecule has 120 valence electrons. The molecule has 0 radical (unpaired) electrons. The summed E-state index contributed by atoms with van der Waals surface area (Å²) in [5, 5.41) is 0. The van der Waals surface area contributed by atoms with Crippen LogP contribution in [0.5, 0.6) is 0 Å². The number of carbonyl (C=O) groups is 2. The molecule has 1 heterocycles. The van der Waals surface area contributed by atoms with Gasteiger partial charge in [-0.15, -0.1) is 0 Å². The third-order valence-electron chi connectivity index (χ3n) is 3.77. The summed E-state index contributed by atoms with van der Waals surface area (Å²) in [5.41, 5.74) is 7.47. The van der Waals surface area contributed by atoms with Crippen molar-refractivity contribution in [3.63, 3.8) is 0 Å². The Morgan fingerprint density at radius 2 is 1.68 bits per heavy atom. The van der Waals surface area contributed by atoms with Crippen molar-refractivity contribution >= 4 is 17.7 Å². The first kappa shape index (κ1) is 16.1. The number of rotatable bonds is 4. The predicted octanol–water partition coefficient (Wildman–Crippen LogP) is 1.50. The van der Waals surface area contributed by atoms with Gasteiger partial charge in [0, 0.05) is 38.3 Å². The molecule has 1 aromatic carbocycles. The Bertz CT molecular complexity index is 508. The molecular weight excluding hydrogens is 282 g/mol. The maximum Gasteiger partial charge on any atom is 0.409 e. The van der Waals surface area contributed by atoms with Crippen LogP contribution >= 0.6 is 0 Å². The van der Waals surface area contributed by atoms with Crippen LogP contribution in [0.2, 0.25) is 0 Å². The Kier molecular flexibility index (Phi) is 5.63. The zero-order valence-electron chi connectivity index (χ0n) is 13.0. The lowest BCUT2D eigenvalue weighted by Gasteiger charge is -2.34. The maximum absolute atomic E-state index is 12.2. The van der Waals surface area contributed by atoms with Gasteiger partial charge in [0.15, 0.2) is 0 Å². The van der Waals surface area contributed by atoms with E-state index in [4.69, 9.17) is 10.5 Å². The summed E-state index contributed by atoms with van der Waals surface area (Å²) in [4.78, 5) is 27.3. The Morgan fingerprint density at radius 3 is 2.27 bits per heavy atom. The van der Waals surface area contributed by atoms with Crippen LogP contribution in [0.4, 0.5) is 10.5 Å². The average Bonchev–Trinajstić information content (AvgIpc) is 2.54. The Balaban J connectivity index is 1.75. The molecule has 22 heavy (non-hydrogen) atoms. The van der Waals surface area contributed by atoms with Crippen molar-refractivity contribution in [3.8, 4) is 0 Å². The second-order valence-corrected chi connectivity index (χ2v) is 5.31. The smallest absolute Gasteiger partial charge is 0.409 e. The highest BCUT2D eigenvalue weighted by atomic mass is 16.6. The lowest BCUT2D eigenvalue weighted by molar-refractivity contribution is -0.132. The highest BCUT2D eigenvalue weighted by Gasteiger charge is 2.24. The van der Waals surface area contributed by atoms with Gasteiger partial charge in [-0.05, 0) is 31.0 Å². The van der Waals surface area contributed by atoms with Crippen LogP contribution in [-0.2, 0) is 16.0 Å². The van der Waals surface area contributed by atoms with Crippen molar-refractivity contribution in [1.29, 1.82) is 0 Å². The molecule has 0 aromatic heterocycles. The van der Waals surface area contributed by atoms with Gasteiger partial charge in [-0.2, -0.15) is 0 Å². The number of amides is 2. The molecule has 1 fully saturated rings. The fraction of sp³-hybridized carbons (Fsp3) is 0.500. The Labute approximate surface area is 130 Å². The molecule has 2 rings (SSSR count). The van der Waals surface area contributed by atoms with E-state index in [1.807, 2.05) is 29.2 Å². The minimum atomic E-state index is -0.295. The summed E-state index contributed by atoms with van der Waals surface area (Å²) >= 11 is 0. The first-order valence-electron chi connectivity index (χ1n) is 7.64. The summed E-state index contributed by atoms with van der Waals surface area (Å²) in [6.07, 6.45) is 0.886. The molecule has 1 aliphatic heterocycles. The van der Waals surface area contributed by atoms with Crippen LogP contribution in [0, 0.1) is 0 Å². The van der Waals surface area contributed by atoms with Crippen LogP contribution in [0.1, 0.15) is 18.9 Å².